The molecule has 1 rings (SSSR count). The largest absolute Gasteiger partial charge is 0.481 e. The second kappa shape index (κ2) is 6.52. The summed E-state index contributed by atoms with van der Waals surface area (Å²) in [5.41, 5.74) is 6.07. The lowest BCUT2D eigenvalue weighted by molar-refractivity contribution is -0.142. The van der Waals surface area contributed by atoms with Crippen molar-refractivity contribution in [3.05, 3.63) is 29.8 Å². The minimum Gasteiger partial charge on any atom is -0.481 e. The lowest BCUT2D eigenvalue weighted by Crippen LogP contribution is -2.35. The van der Waals surface area contributed by atoms with Gasteiger partial charge in [0.25, 0.3) is 0 Å². The Hall–Kier alpha value is -1.88. The maximum atomic E-state index is 11.8. The molecular formula is C15H22N2O3. The summed E-state index contributed by atoms with van der Waals surface area (Å²) in [5, 5.41) is 11.9. The number of aliphatic carboxylic acids is 1. The predicted molar refractivity (Wildman–Crippen MR) is 78.6 cm³/mol. The second-order valence-electron chi connectivity index (χ2n) is 5.39. The van der Waals surface area contributed by atoms with Gasteiger partial charge in [0.1, 0.15) is 0 Å². The highest BCUT2D eigenvalue weighted by molar-refractivity contribution is 5.94. The van der Waals surface area contributed by atoms with Crippen molar-refractivity contribution in [2.24, 2.45) is 5.73 Å². The maximum absolute atomic E-state index is 11.8. The number of nitrogens with two attached hydrogens (primary N) is 1. The zero-order chi connectivity index (χ0) is 15.3. The Morgan fingerprint density at radius 3 is 2.30 bits per heavy atom. The molecule has 0 radical (unpaired) electrons. The van der Waals surface area contributed by atoms with Crippen LogP contribution in [-0.2, 0) is 15.0 Å². The summed E-state index contributed by atoms with van der Waals surface area (Å²) >= 11 is 0. The van der Waals surface area contributed by atoms with Crippen LogP contribution in [0.2, 0.25) is 0 Å². The number of rotatable bonds is 6. The second-order valence-corrected chi connectivity index (χ2v) is 5.39. The number of anilines is 1. The van der Waals surface area contributed by atoms with Crippen LogP contribution in [0.3, 0.4) is 0 Å². The molecule has 0 fully saturated rings. The number of benzene rings is 1. The molecule has 1 aromatic carbocycles. The molecule has 0 heterocycles. The van der Waals surface area contributed by atoms with Gasteiger partial charge in [0, 0.05) is 5.69 Å². The van der Waals surface area contributed by atoms with Crippen LogP contribution in [0.1, 0.15) is 39.2 Å². The molecule has 0 saturated carbocycles. The van der Waals surface area contributed by atoms with Gasteiger partial charge in [0.15, 0.2) is 0 Å². The quantitative estimate of drug-likeness (QED) is 0.743. The third kappa shape index (κ3) is 3.81. The fourth-order valence-corrected chi connectivity index (χ4v) is 1.77. The van der Waals surface area contributed by atoms with E-state index in [2.05, 4.69) is 5.32 Å². The van der Waals surface area contributed by atoms with Crippen molar-refractivity contribution in [3.63, 3.8) is 0 Å². The molecule has 5 nitrogen and oxygen atoms in total. The minimum absolute atomic E-state index is 0.225. The van der Waals surface area contributed by atoms with Crippen LogP contribution in [0, 0.1) is 0 Å². The molecule has 0 aliphatic rings. The van der Waals surface area contributed by atoms with E-state index in [1.807, 2.05) is 6.92 Å². The molecule has 0 unspecified atom stereocenters. The number of carbonyl (C=O) groups is 2. The van der Waals surface area contributed by atoms with E-state index in [9.17, 15) is 9.59 Å². The first kappa shape index (κ1) is 16.2. The zero-order valence-electron chi connectivity index (χ0n) is 12.1. The van der Waals surface area contributed by atoms with Gasteiger partial charge in [-0.25, -0.2) is 0 Å². The van der Waals surface area contributed by atoms with Crippen molar-refractivity contribution in [1.29, 1.82) is 0 Å². The van der Waals surface area contributed by atoms with Crippen LogP contribution in [0.5, 0.6) is 0 Å². The Morgan fingerprint density at radius 1 is 1.30 bits per heavy atom. The Morgan fingerprint density at radius 2 is 1.85 bits per heavy atom. The first-order valence-electron chi connectivity index (χ1n) is 6.69. The smallest absolute Gasteiger partial charge is 0.313 e. The van der Waals surface area contributed by atoms with E-state index >= 15 is 0 Å². The van der Waals surface area contributed by atoms with Gasteiger partial charge in [-0.2, -0.15) is 0 Å². The Balaban J connectivity index is 2.77. The Bertz CT molecular complexity index is 480. The molecule has 1 amide bonds. The van der Waals surface area contributed by atoms with Crippen LogP contribution < -0.4 is 11.1 Å². The van der Waals surface area contributed by atoms with Crippen molar-refractivity contribution in [3.8, 4) is 0 Å². The summed E-state index contributed by atoms with van der Waals surface area (Å²) in [4.78, 5) is 22.9. The predicted octanol–water partition coefficient (Wildman–Crippen LogP) is 2.11. The average molecular weight is 278 g/mol. The van der Waals surface area contributed by atoms with Gasteiger partial charge >= 0.3 is 5.97 Å². The summed E-state index contributed by atoms with van der Waals surface area (Å²) in [5.74, 6) is -1.11. The van der Waals surface area contributed by atoms with Gasteiger partial charge in [0.05, 0.1) is 11.5 Å². The number of nitrogens with one attached hydrogen (secondary N) is 1. The number of carboxylic acids is 1. The molecule has 110 valence electrons. The molecule has 5 heteroatoms. The molecule has 0 aliphatic carbocycles. The third-order valence-electron chi connectivity index (χ3n) is 3.35. The molecule has 1 atom stereocenters. The lowest BCUT2D eigenvalue weighted by Gasteiger charge is -2.20. The SMILES string of the molecule is CCC[C@H](N)C(=O)Nc1ccc(C(C)(C)C(=O)O)cc1. The minimum atomic E-state index is -0.957. The van der Waals surface area contributed by atoms with E-state index in [4.69, 9.17) is 10.8 Å². The highest BCUT2D eigenvalue weighted by Crippen LogP contribution is 2.24. The monoisotopic (exact) mass is 278 g/mol. The van der Waals surface area contributed by atoms with Gasteiger partial charge in [-0.1, -0.05) is 25.5 Å². The molecule has 0 aliphatic heterocycles. The highest BCUT2D eigenvalue weighted by Gasteiger charge is 2.29. The van der Waals surface area contributed by atoms with E-state index in [1.165, 1.54) is 0 Å². The zero-order valence-corrected chi connectivity index (χ0v) is 12.1. The van der Waals surface area contributed by atoms with E-state index in [0.29, 0.717) is 17.7 Å². The summed E-state index contributed by atoms with van der Waals surface area (Å²) in [6.07, 6.45) is 1.48. The van der Waals surface area contributed by atoms with Gasteiger partial charge in [-0.05, 0) is 38.0 Å². The number of hydrogen-bond acceptors (Lipinski definition) is 3. The fourth-order valence-electron chi connectivity index (χ4n) is 1.77. The van der Waals surface area contributed by atoms with E-state index in [0.717, 1.165) is 6.42 Å². The van der Waals surface area contributed by atoms with Crippen molar-refractivity contribution in [2.45, 2.75) is 45.1 Å². The molecule has 0 aromatic heterocycles. The standard InChI is InChI=1S/C15H22N2O3/c1-4-5-12(16)13(18)17-11-8-6-10(7-9-11)15(2,3)14(19)20/h6-9,12H,4-5,16H2,1-3H3,(H,17,18)(H,19,20)/t12-/m0/s1. The molecule has 4 N–H and O–H groups in total. The van der Waals surface area contributed by atoms with E-state index in [1.54, 1.807) is 38.1 Å². The van der Waals surface area contributed by atoms with Crippen LogP contribution >= 0.6 is 0 Å². The number of carboxylic acid groups (broad SMARTS) is 1. The molecule has 0 saturated heterocycles. The summed E-state index contributed by atoms with van der Waals surface area (Å²) in [6.45, 7) is 5.25. The van der Waals surface area contributed by atoms with Gasteiger partial charge in [-0.15, -0.1) is 0 Å². The molecule has 0 spiro atoms. The van der Waals surface area contributed by atoms with Gasteiger partial charge in [-0.3, -0.25) is 9.59 Å². The van der Waals surface area contributed by atoms with Crippen molar-refractivity contribution < 1.29 is 14.7 Å². The Kier molecular flexibility index (Phi) is 5.27. The van der Waals surface area contributed by atoms with E-state index < -0.39 is 17.4 Å². The number of hydrogen-bond donors (Lipinski definition) is 3. The number of amides is 1. The lowest BCUT2D eigenvalue weighted by atomic mass is 9.85. The van der Waals surface area contributed by atoms with Gasteiger partial charge in [0.2, 0.25) is 5.91 Å². The average Bonchev–Trinajstić information content (AvgIpc) is 2.39. The van der Waals surface area contributed by atoms with Crippen molar-refractivity contribution in [2.75, 3.05) is 5.32 Å². The van der Waals surface area contributed by atoms with E-state index in [-0.39, 0.29) is 5.91 Å². The first-order chi connectivity index (χ1) is 9.28. The summed E-state index contributed by atoms with van der Waals surface area (Å²) in [6, 6.07) is 6.27. The fraction of sp³-hybridized carbons (Fsp3) is 0.467. The molecule has 1 aromatic rings. The van der Waals surface area contributed by atoms with Crippen molar-refractivity contribution >= 4 is 17.6 Å². The topological polar surface area (TPSA) is 92.4 Å². The number of carbonyl (C=O) groups excluding carboxylic acids is 1. The van der Waals surface area contributed by atoms with Crippen molar-refractivity contribution in [1.82, 2.24) is 0 Å². The highest BCUT2D eigenvalue weighted by atomic mass is 16.4. The molecular weight excluding hydrogens is 256 g/mol. The van der Waals surface area contributed by atoms with Crippen LogP contribution in [0.15, 0.2) is 24.3 Å². The molecule has 0 bridgehead atoms. The summed E-state index contributed by atoms with van der Waals surface area (Å²) in [7, 11) is 0. The Labute approximate surface area is 119 Å². The van der Waals surface area contributed by atoms with Crippen LogP contribution in [0.4, 0.5) is 5.69 Å². The normalized spacial score (nSPS) is 12.8. The van der Waals surface area contributed by atoms with Crippen LogP contribution in [-0.4, -0.2) is 23.0 Å². The maximum Gasteiger partial charge on any atom is 0.313 e. The first-order valence-corrected chi connectivity index (χ1v) is 6.69. The van der Waals surface area contributed by atoms with Crippen LogP contribution in [0.25, 0.3) is 0 Å². The summed E-state index contributed by atoms with van der Waals surface area (Å²) < 4.78 is 0. The molecule has 20 heavy (non-hydrogen) atoms. The third-order valence-corrected chi connectivity index (χ3v) is 3.35. The van der Waals surface area contributed by atoms with Gasteiger partial charge < -0.3 is 16.2 Å².